The molecule has 9 aromatic rings. The Labute approximate surface area is 334 Å². The van der Waals surface area contributed by atoms with Crippen LogP contribution in [0.15, 0.2) is 169 Å². The number of hydrogen-bond donors (Lipinski definition) is 0. The SMILES string of the molecule is CCc1cc(OCc2ccc(-c3ccccc3-c3nnn(C(c4ccccc4)(c4ccccc4)c4ccccc4)n3)cc2)c2nc(OCc3cscn3)ccc2n1. The van der Waals surface area contributed by atoms with Gasteiger partial charge in [0.1, 0.15) is 24.5 Å². The predicted molar refractivity (Wildman–Crippen MR) is 223 cm³/mol. The van der Waals surface area contributed by atoms with Crippen LogP contribution < -0.4 is 9.47 Å². The van der Waals surface area contributed by atoms with Crippen molar-refractivity contribution in [3.8, 4) is 34.1 Å². The molecule has 0 atom stereocenters. The van der Waals surface area contributed by atoms with Crippen molar-refractivity contribution in [3.63, 3.8) is 0 Å². The fraction of sp³-hybridized carbons (Fsp3) is 0.106. The molecule has 278 valence electrons. The summed E-state index contributed by atoms with van der Waals surface area (Å²) in [5.41, 5.74) is 11.1. The Hall–Kier alpha value is -7.04. The van der Waals surface area contributed by atoms with Crippen molar-refractivity contribution in [1.82, 2.24) is 35.2 Å². The molecule has 4 aromatic heterocycles. The van der Waals surface area contributed by atoms with E-state index in [1.54, 1.807) is 10.3 Å². The van der Waals surface area contributed by atoms with Gasteiger partial charge in [0.05, 0.1) is 16.7 Å². The number of aryl methyl sites for hydroxylation is 1. The first kappa shape index (κ1) is 35.6. The molecule has 0 aliphatic rings. The molecule has 0 bridgehead atoms. The molecule has 10 heteroatoms. The van der Waals surface area contributed by atoms with Crippen LogP contribution in [0.1, 0.15) is 40.6 Å². The minimum absolute atomic E-state index is 0.346. The number of thiazole rings is 1. The molecule has 0 unspecified atom stereocenters. The Bertz CT molecular complexity index is 2630. The Morgan fingerprint density at radius 3 is 1.91 bits per heavy atom. The van der Waals surface area contributed by atoms with E-state index < -0.39 is 5.54 Å². The highest BCUT2D eigenvalue weighted by atomic mass is 32.1. The van der Waals surface area contributed by atoms with E-state index >= 15 is 0 Å². The van der Waals surface area contributed by atoms with Crippen molar-refractivity contribution in [2.24, 2.45) is 0 Å². The van der Waals surface area contributed by atoms with Crippen molar-refractivity contribution in [2.45, 2.75) is 32.1 Å². The molecule has 57 heavy (non-hydrogen) atoms. The van der Waals surface area contributed by atoms with Gasteiger partial charge in [-0.15, -0.1) is 26.3 Å². The van der Waals surface area contributed by atoms with Gasteiger partial charge in [0.25, 0.3) is 0 Å². The quantitative estimate of drug-likeness (QED) is 0.107. The summed E-state index contributed by atoms with van der Waals surface area (Å²) in [6.45, 7) is 2.78. The Morgan fingerprint density at radius 1 is 0.632 bits per heavy atom. The highest BCUT2D eigenvalue weighted by Crippen LogP contribution is 2.40. The van der Waals surface area contributed by atoms with E-state index in [4.69, 9.17) is 34.9 Å². The fourth-order valence-electron chi connectivity index (χ4n) is 7.16. The van der Waals surface area contributed by atoms with Crippen LogP contribution in [-0.4, -0.2) is 35.2 Å². The van der Waals surface area contributed by atoms with Gasteiger partial charge in [-0.1, -0.05) is 146 Å². The van der Waals surface area contributed by atoms with Crippen LogP contribution in [0.5, 0.6) is 11.6 Å². The first-order chi connectivity index (χ1) is 28.2. The van der Waals surface area contributed by atoms with E-state index in [9.17, 15) is 0 Å². The molecule has 4 heterocycles. The summed E-state index contributed by atoms with van der Waals surface area (Å²) in [5.74, 6) is 1.69. The first-order valence-electron chi connectivity index (χ1n) is 18.8. The van der Waals surface area contributed by atoms with Crippen LogP contribution in [0.25, 0.3) is 33.5 Å². The Balaban J connectivity index is 1.01. The second-order valence-electron chi connectivity index (χ2n) is 13.5. The van der Waals surface area contributed by atoms with Crippen LogP contribution in [-0.2, 0) is 25.2 Å². The number of hydrogen-bond acceptors (Lipinski definition) is 9. The number of nitrogens with zero attached hydrogens (tertiary/aromatic N) is 7. The third-order valence-corrected chi connectivity index (χ3v) is 10.6. The average Bonchev–Trinajstić information content (AvgIpc) is 4.00. The summed E-state index contributed by atoms with van der Waals surface area (Å²) in [4.78, 5) is 15.6. The first-order valence-corrected chi connectivity index (χ1v) is 19.7. The van der Waals surface area contributed by atoms with Gasteiger partial charge in [-0.25, -0.2) is 9.97 Å². The smallest absolute Gasteiger partial charge is 0.214 e. The summed E-state index contributed by atoms with van der Waals surface area (Å²) in [6, 6.07) is 53.4. The zero-order chi connectivity index (χ0) is 38.4. The van der Waals surface area contributed by atoms with E-state index in [0.29, 0.717) is 36.2 Å². The minimum atomic E-state index is -0.866. The van der Waals surface area contributed by atoms with E-state index in [1.165, 1.54) is 11.3 Å². The zero-order valence-electron chi connectivity index (χ0n) is 31.1. The molecule has 0 saturated carbocycles. The molecule has 0 amide bonds. The molecule has 0 aliphatic carbocycles. The van der Waals surface area contributed by atoms with Gasteiger partial charge in [-0.05, 0) is 51.1 Å². The van der Waals surface area contributed by atoms with Crippen molar-refractivity contribution in [1.29, 1.82) is 0 Å². The summed E-state index contributed by atoms with van der Waals surface area (Å²) >= 11 is 1.54. The summed E-state index contributed by atoms with van der Waals surface area (Å²) in [7, 11) is 0. The van der Waals surface area contributed by atoms with Crippen LogP contribution in [0.3, 0.4) is 0 Å². The lowest BCUT2D eigenvalue weighted by Crippen LogP contribution is -2.39. The zero-order valence-corrected chi connectivity index (χ0v) is 32.0. The van der Waals surface area contributed by atoms with E-state index in [0.717, 1.165) is 62.3 Å². The number of aromatic nitrogens is 7. The van der Waals surface area contributed by atoms with Gasteiger partial charge in [0, 0.05) is 28.8 Å². The van der Waals surface area contributed by atoms with Crippen molar-refractivity contribution in [2.75, 3.05) is 0 Å². The molecule has 0 N–H and O–H groups in total. The largest absolute Gasteiger partial charge is 0.486 e. The Kier molecular flexibility index (Phi) is 9.99. The topological polar surface area (TPSA) is 101 Å². The molecule has 0 spiro atoms. The highest BCUT2D eigenvalue weighted by molar-refractivity contribution is 7.07. The van der Waals surface area contributed by atoms with Gasteiger partial charge < -0.3 is 9.47 Å². The highest BCUT2D eigenvalue weighted by Gasteiger charge is 2.41. The number of benzene rings is 5. The van der Waals surface area contributed by atoms with E-state index in [-0.39, 0.29) is 0 Å². The van der Waals surface area contributed by atoms with Crippen LogP contribution in [0.4, 0.5) is 0 Å². The van der Waals surface area contributed by atoms with Crippen molar-refractivity contribution < 1.29 is 9.47 Å². The monoisotopic (exact) mass is 763 g/mol. The molecular weight excluding hydrogens is 727 g/mol. The van der Waals surface area contributed by atoms with Crippen molar-refractivity contribution in [3.05, 3.63) is 202 Å². The summed E-state index contributed by atoms with van der Waals surface area (Å²) in [5, 5.41) is 16.6. The molecular formula is C47H37N7O2S. The standard InChI is InChI=1S/C47H37N7O2S/c1-2-38-28-43(45-42(49-38)26-27-44(50-45)56-30-39-31-57-32-48-39)55-29-33-22-24-34(25-23-33)40-20-12-13-21-41(40)46-51-53-54(52-46)47(35-14-6-3-7-15-35,36-16-8-4-9-17-36)37-18-10-5-11-19-37/h3-28,31-32H,2,29-30H2,1H3. The second kappa shape index (κ2) is 16.0. The maximum atomic E-state index is 6.44. The molecule has 0 radical (unpaired) electrons. The molecule has 0 aliphatic heterocycles. The van der Waals surface area contributed by atoms with Crippen LogP contribution in [0, 0.1) is 0 Å². The normalized spacial score (nSPS) is 11.5. The fourth-order valence-corrected chi connectivity index (χ4v) is 7.70. The third-order valence-electron chi connectivity index (χ3n) is 9.97. The van der Waals surface area contributed by atoms with Gasteiger partial charge in [0.15, 0.2) is 5.54 Å². The van der Waals surface area contributed by atoms with Crippen molar-refractivity contribution >= 4 is 22.4 Å². The predicted octanol–water partition coefficient (Wildman–Crippen LogP) is 9.97. The summed E-state index contributed by atoms with van der Waals surface area (Å²) in [6.07, 6.45) is 0.775. The second-order valence-corrected chi connectivity index (χ2v) is 14.2. The van der Waals surface area contributed by atoms with E-state index in [2.05, 4.69) is 78.6 Å². The molecule has 0 saturated heterocycles. The number of rotatable bonds is 13. The molecule has 0 fully saturated rings. The van der Waals surface area contributed by atoms with Gasteiger partial charge >= 0.3 is 0 Å². The minimum Gasteiger partial charge on any atom is -0.486 e. The van der Waals surface area contributed by atoms with Crippen LogP contribution >= 0.6 is 11.3 Å². The van der Waals surface area contributed by atoms with Crippen LogP contribution in [0.2, 0.25) is 0 Å². The van der Waals surface area contributed by atoms with Gasteiger partial charge in [-0.2, -0.15) is 0 Å². The lowest BCUT2D eigenvalue weighted by molar-refractivity contribution is 0.289. The Morgan fingerprint density at radius 2 is 1.28 bits per heavy atom. The summed E-state index contributed by atoms with van der Waals surface area (Å²) < 4.78 is 12.4. The molecule has 9 rings (SSSR count). The number of fused-ring (bicyclic) bond motifs is 1. The maximum Gasteiger partial charge on any atom is 0.214 e. The molecule has 9 nitrogen and oxygen atoms in total. The van der Waals surface area contributed by atoms with Gasteiger partial charge in [0.2, 0.25) is 11.7 Å². The lowest BCUT2D eigenvalue weighted by atomic mass is 9.77. The molecule has 5 aromatic carbocycles. The maximum absolute atomic E-state index is 6.44. The number of ether oxygens (including phenoxy) is 2. The average molecular weight is 764 g/mol. The lowest BCUT2D eigenvalue weighted by Gasteiger charge is -2.34. The number of pyridine rings is 2. The third kappa shape index (κ3) is 7.14. The number of tetrazole rings is 1. The van der Waals surface area contributed by atoms with E-state index in [1.807, 2.05) is 96.4 Å². The van der Waals surface area contributed by atoms with Gasteiger partial charge in [-0.3, -0.25) is 4.98 Å².